The Morgan fingerprint density at radius 2 is 1.88 bits per heavy atom. The fraction of sp³-hybridized carbons (Fsp3) is 0.300. The van der Waals surface area contributed by atoms with E-state index in [9.17, 15) is 18.0 Å². The quantitative estimate of drug-likeness (QED) is 0.257. The Labute approximate surface area is 241 Å². The van der Waals surface area contributed by atoms with Gasteiger partial charge in [-0.15, -0.1) is 0 Å². The Kier molecular flexibility index (Phi) is 8.46. The highest BCUT2D eigenvalue weighted by Gasteiger charge is 2.37. The molecule has 12 heteroatoms. The molecule has 3 heterocycles. The van der Waals surface area contributed by atoms with E-state index in [1.807, 2.05) is 6.92 Å². The highest BCUT2D eigenvalue weighted by Crippen LogP contribution is 2.33. The summed E-state index contributed by atoms with van der Waals surface area (Å²) in [6, 6.07) is 11.2. The van der Waals surface area contributed by atoms with Crippen LogP contribution in [0, 0.1) is 6.92 Å². The number of hydrogen-bond donors (Lipinski definition) is 4. The average Bonchev–Trinajstić information content (AvgIpc) is 3.44. The molecule has 4 aromatic rings. The maximum absolute atomic E-state index is 14.1. The van der Waals surface area contributed by atoms with Gasteiger partial charge in [-0.25, -0.2) is 19.9 Å². The Hall–Kier alpha value is -4.42. The second-order valence-electron chi connectivity index (χ2n) is 10.8. The molecular weight excluding hydrogens is 545 g/mol. The van der Waals surface area contributed by atoms with Gasteiger partial charge in [-0.2, -0.15) is 13.2 Å². The molecule has 0 spiro atoms. The van der Waals surface area contributed by atoms with Gasteiger partial charge in [-0.1, -0.05) is 12.1 Å². The molecule has 1 aliphatic heterocycles. The van der Waals surface area contributed by atoms with Crippen LogP contribution in [0.1, 0.15) is 33.5 Å². The first-order valence-electron chi connectivity index (χ1n) is 13.7. The van der Waals surface area contributed by atoms with Crippen molar-refractivity contribution in [3.63, 3.8) is 0 Å². The number of carbonyl (C=O) groups excluding carboxylic acids is 1. The summed E-state index contributed by atoms with van der Waals surface area (Å²) in [5, 5.41) is 5.88. The number of nitrogens with zero attached hydrogens (tertiary/aromatic N) is 4. The van der Waals surface area contributed by atoms with Crippen LogP contribution in [-0.4, -0.2) is 59.1 Å². The number of alkyl halides is 3. The number of hydrogen-bond acceptors (Lipinski definition) is 6. The molecule has 9 nitrogen and oxygen atoms in total. The average molecular weight is 579 g/mol. The lowest BCUT2D eigenvalue weighted by Gasteiger charge is -2.19. The third kappa shape index (κ3) is 6.89. The van der Waals surface area contributed by atoms with Gasteiger partial charge in [-0.05, 0) is 42.8 Å². The molecule has 1 unspecified atom stereocenters. The fourth-order valence-electron chi connectivity index (χ4n) is 5.16. The van der Waals surface area contributed by atoms with Crippen LogP contribution in [0.25, 0.3) is 11.3 Å². The highest BCUT2D eigenvalue weighted by molar-refractivity contribution is 6.04. The summed E-state index contributed by atoms with van der Waals surface area (Å²) in [5.41, 5.74) is 2.63. The van der Waals surface area contributed by atoms with E-state index in [1.54, 1.807) is 42.9 Å². The maximum Gasteiger partial charge on any atom is 0.416 e. The van der Waals surface area contributed by atoms with Gasteiger partial charge in [0.05, 0.1) is 38.3 Å². The summed E-state index contributed by atoms with van der Waals surface area (Å²) in [7, 11) is 4.14. The zero-order valence-corrected chi connectivity index (χ0v) is 23.6. The van der Waals surface area contributed by atoms with E-state index in [2.05, 4.69) is 44.7 Å². The number of anilines is 3. The zero-order valence-electron chi connectivity index (χ0n) is 23.6. The first-order valence-corrected chi connectivity index (χ1v) is 13.7. The number of likely N-dealkylation sites (N-methyl/N-ethyl adjacent to an activating group) is 1. The number of quaternary nitrogens is 2. The van der Waals surface area contributed by atoms with E-state index < -0.39 is 17.6 Å². The standard InChI is InChI=1S/C30H31F3N8O/c1-19-4-7-23(13-27(19)39-29-36-10-8-26(38-29)22-14-34-18-35-15-22)37-28(42)20-5-6-21(25(12-20)30(31,32)33)16-41-11-9-24(17-41)40(2)3/h4-8,10,12-15,18,24H,9,11,16-17H2,1-3H3,(H,37,42)(H,36,38,39)/p+2/t24-/m0/s1. The third-order valence-electron chi connectivity index (χ3n) is 7.57. The minimum atomic E-state index is -4.57. The van der Waals surface area contributed by atoms with Crippen molar-refractivity contribution >= 4 is 23.2 Å². The molecule has 0 bridgehead atoms. The monoisotopic (exact) mass is 578 g/mol. The van der Waals surface area contributed by atoms with Crippen molar-refractivity contribution < 1.29 is 27.8 Å². The Morgan fingerprint density at radius 1 is 1.10 bits per heavy atom. The number of rotatable bonds is 8. The number of aryl methyl sites for hydroxylation is 1. The molecule has 0 radical (unpaired) electrons. The molecule has 42 heavy (non-hydrogen) atoms. The molecule has 1 fully saturated rings. The van der Waals surface area contributed by atoms with Crippen molar-refractivity contribution in [1.29, 1.82) is 0 Å². The van der Waals surface area contributed by atoms with E-state index in [0.29, 0.717) is 29.1 Å². The summed E-state index contributed by atoms with van der Waals surface area (Å²) in [6.45, 7) is 3.80. The molecule has 2 atom stereocenters. The normalized spacial score (nSPS) is 16.9. The van der Waals surface area contributed by atoms with E-state index in [4.69, 9.17) is 0 Å². The van der Waals surface area contributed by atoms with Crippen molar-refractivity contribution in [2.45, 2.75) is 32.1 Å². The van der Waals surface area contributed by atoms with E-state index in [1.165, 1.54) is 23.4 Å². The first-order chi connectivity index (χ1) is 20.1. The van der Waals surface area contributed by atoms with Crippen molar-refractivity contribution in [3.05, 3.63) is 89.6 Å². The predicted molar refractivity (Wildman–Crippen MR) is 153 cm³/mol. The van der Waals surface area contributed by atoms with Gasteiger partial charge < -0.3 is 20.4 Å². The van der Waals surface area contributed by atoms with Gasteiger partial charge in [0.2, 0.25) is 5.95 Å². The lowest BCUT2D eigenvalue weighted by atomic mass is 10.0. The predicted octanol–water partition coefficient (Wildman–Crippen LogP) is 2.56. The molecule has 5 rings (SSSR count). The summed E-state index contributed by atoms with van der Waals surface area (Å²) >= 11 is 0. The number of halogens is 3. The molecule has 1 amide bonds. The van der Waals surface area contributed by atoms with Crippen molar-refractivity contribution in [3.8, 4) is 11.3 Å². The smallest absolute Gasteiger partial charge is 0.333 e. The lowest BCUT2D eigenvalue weighted by Crippen LogP contribution is -3.16. The molecule has 1 saturated heterocycles. The summed E-state index contributed by atoms with van der Waals surface area (Å²) in [6.07, 6.45) is 2.73. The van der Waals surface area contributed by atoms with Gasteiger partial charge in [-0.3, -0.25) is 4.79 Å². The summed E-state index contributed by atoms with van der Waals surface area (Å²) < 4.78 is 42.2. The van der Waals surface area contributed by atoms with Crippen LogP contribution >= 0.6 is 0 Å². The Balaban J connectivity index is 1.32. The number of carbonyl (C=O) groups is 1. The first kappa shape index (κ1) is 29.1. The number of likely N-dealkylation sites (tertiary alicyclic amines) is 1. The van der Waals surface area contributed by atoms with Crippen molar-refractivity contribution in [2.24, 2.45) is 0 Å². The van der Waals surface area contributed by atoms with Crippen LogP contribution in [0.2, 0.25) is 0 Å². The lowest BCUT2D eigenvalue weighted by molar-refractivity contribution is -0.939. The van der Waals surface area contributed by atoms with Gasteiger partial charge in [0.1, 0.15) is 25.5 Å². The van der Waals surface area contributed by atoms with Crippen molar-refractivity contribution in [2.75, 3.05) is 37.8 Å². The van der Waals surface area contributed by atoms with Crippen LogP contribution in [0.3, 0.4) is 0 Å². The van der Waals surface area contributed by atoms with Gasteiger partial charge in [0.25, 0.3) is 5.91 Å². The van der Waals surface area contributed by atoms with Crippen LogP contribution in [-0.2, 0) is 12.7 Å². The van der Waals surface area contributed by atoms with Crippen LogP contribution in [0.5, 0.6) is 0 Å². The topological polar surface area (TPSA) is 102 Å². The third-order valence-corrected chi connectivity index (χ3v) is 7.57. The number of amides is 1. The van der Waals surface area contributed by atoms with Crippen LogP contribution in [0.15, 0.2) is 67.4 Å². The Morgan fingerprint density at radius 3 is 2.60 bits per heavy atom. The van der Waals surface area contributed by atoms with Crippen LogP contribution in [0.4, 0.5) is 30.5 Å². The molecule has 1 aliphatic rings. The number of benzene rings is 2. The van der Waals surface area contributed by atoms with Gasteiger partial charge in [0.15, 0.2) is 0 Å². The molecular formula is C30H33F3N8O+2. The molecule has 2 aromatic carbocycles. The molecule has 0 saturated carbocycles. The molecule has 4 N–H and O–H groups in total. The van der Waals surface area contributed by atoms with E-state index in [-0.39, 0.29) is 17.7 Å². The second kappa shape index (κ2) is 12.2. The maximum atomic E-state index is 14.1. The Bertz CT molecular complexity index is 1560. The van der Waals surface area contributed by atoms with E-state index in [0.717, 1.165) is 41.6 Å². The highest BCUT2D eigenvalue weighted by atomic mass is 19.4. The zero-order chi connectivity index (χ0) is 29.9. The number of aromatic nitrogens is 4. The largest absolute Gasteiger partial charge is 0.416 e. The minimum Gasteiger partial charge on any atom is -0.333 e. The van der Waals surface area contributed by atoms with Crippen LogP contribution < -0.4 is 20.4 Å². The van der Waals surface area contributed by atoms with Crippen molar-refractivity contribution in [1.82, 2.24) is 19.9 Å². The molecule has 0 aliphatic carbocycles. The molecule has 2 aromatic heterocycles. The van der Waals surface area contributed by atoms with Gasteiger partial charge in [0, 0.05) is 46.7 Å². The van der Waals surface area contributed by atoms with E-state index >= 15 is 0 Å². The summed E-state index contributed by atoms with van der Waals surface area (Å²) in [5.74, 6) is -0.305. The molecule has 218 valence electrons. The van der Waals surface area contributed by atoms with Gasteiger partial charge >= 0.3 is 6.18 Å². The fourth-order valence-corrected chi connectivity index (χ4v) is 5.16. The second-order valence-corrected chi connectivity index (χ2v) is 10.8. The summed E-state index contributed by atoms with van der Waals surface area (Å²) in [4.78, 5) is 32.3. The minimum absolute atomic E-state index is 0.0608. The number of nitrogens with one attached hydrogen (secondary N) is 4. The SMILES string of the molecule is Cc1ccc(NC(=O)c2ccc(C[NH+]3CC[C@H]([NH+](C)C)C3)c(C(F)(F)F)c2)cc1Nc1nccc(-c2cncnc2)n1.